The smallest absolute Gasteiger partial charge is 0.228 e. The van der Waals surface area contributed by atoms with Gasteiger partial charge in [-0.05, 0) is 43.2 Å². The Labute approximate surface area is 133 Å². The third-order valence-electron chi connectivity index (χ3n) is 3.34. The molecule has 0 radical (unpaired) electrons. The minimum atomic E-state index is -0.615. The van der Waals surface area contributed by atoms with E-state index >= 15 is 0 Å². The van der Waals surface area contributed by atoms with Crippen LogP contribution in [0.3, 0.4) is 0 Å². The highest BCUT2D eigenvalue weighted by Gasteiger charge is 2.11. The van der Waals surface area contributed by atoms with Crippen molar-refractivity contribution >= 4 is 27.5 Å². The minimum absolute atomic E-state index is 0.0893. The highest BCUT2D eigenvalue weighted by Crippen LogP contribution is 2.23. The number of anilines is 1. The number of carbonyl (C=O) groups is 1. The van der Waals surface area contributed by atoms with Crippen LogP contribution in [0.1, 0.15) is 29.7 Å². The van der Waals surface area contributed by atoms with Gasteiger partial charge in [0.2, 0.25) is 5.91 Å². The van der Waals surface area contributed by atoms with E-state index in [1.165, 1.54) is 0 Å². The van der Waals surface area contributed by atoms with Crippen molar-refractivity contribution < 1.29 is 9.90 Å². The molecular weight excluding hydrogens is 330 g/mol. The number of nitrogens with one attached hydrogen (secondary N) is 1. The van der Waals surface area contributed by atoms with Gasteiger partial charge in [-0.15, -0.1) is 0 Å². The number of para-hydroxylation sites is 1. The topological polar surface area (TPSA) is 49.3 Å². The van der Waals surface area contributed by atoms with Crippen molar-refractivity contribution in [3.05, 3.63) is 63.6 Å². The van der Waals surface area contributed by atoms with Crippen LogP contribution in [0.25, 0.3) is 0 Å². The molecule has 1 unspecified atom stereocenters. The first-order valence-corrected chi connectivity index (χ1v) is 7.58. The summed E-state index contributed by atoms with van der Waals surface area (Å²) in [6, 6.07) is 13.2. The van der Waals surface area contributed by atoms with E-state index in [0.717, 1.165) is 21.2 Å². The zero-order valence-corrected chi connectivity index (χ0v) is 13.6. The summed E-state index contributed by atoms with van der Waals surface area (Å²) >= 11 is 3.41. The normalized spacial score (nSPS) is 12.0. The van der Waals surface area contributed by atoms with Gasteiger partial charge in [-0.1, -0.05) is 40.2 Å². The molecule has 21 heavy (non-hydrogen) atoms. The van der Waals surface area contributed by atoms with E-state index in [0.29, 0.717) is 12.1 Å². The van der Waals surface area contributed by atoms with Gasteiger partial charge in [0, 0.05) is 15.7 Å². The lowest BCUT2D eigenvalue weighted by Crippen LogP contribution is -2.16. The van der Waals surface area contributed by atoms with E-state index < -0.39 is 6.10 Å². The van der Waals surface area contributed by atoms with Crippen LogP contribution in [-0.2, 0) is 11.2 Å². The highest BCUT2D eigenvalue weighted by atomic mass is 79.9. The fraction of sp³-hybridized carbons (Fsp3) is 0.235. The van der Waals surface area contributed by atoms with Gasteiger partial charge in [0.05, 0.1) is 12.5 Å². The Morgan fingerprint density at radius 2 is 2.00 bits per heavy atom. The number of aliphatic hydroxyl groups excluding tert-OH is 1. The largest absolute Gasteiger partial charge is 0.389 e. The van der Waals surface area contributed by atoms with Gasteiger partial charge in [0.15, 0.2) is 0 Å². The summed E-state index contributed by atoms with van der Waals surface area (Å²) in [6.07, 6.45) is -0.302. The van der Waals surface area contributed by atoms with Crippen LogP contribution in [0.2, 0.25) is 0 Å². The number of halogens is 1. The van der Waals surface area contributed by atoms with Gasteiger partial charge in [-0.25, -0.2) is 0 Å². The summed E-state index contributed by atoms with van der Waals surface area (Å²) in [7, 11) is 0. The van der Waals surface area contributed by atoms with Crippen LogP contribution in [-0.4, -0.2) is 11.0 Å². The van der Waals surface area contributed by atoms with Crippen LogP contribution in [0, 0.1) is 6.92 Å². The number of rotatable bonds is 4. The number of carbonyl (C=O) groups excluding carboxylic acids is 1. The molecule has 0 aliphatic rings. The molecule has 2 N–H and O–H groups in total. The number of aryl methyl sites for hydroxylation is 1. The molecule has 0 saturated heterocycles. The van der Waals surface area contributed by atoms with Crippen LogP contribution in [0.15, 0.2) is 46.9 Å². The van der Waals surface area contributed by atoms with Crippen molar-refractivity contribution in [3.8, 4) is 0 Å². The highest BCUT2D eigenvalue weighted by molar-refractivity contribution is 9.10. The molecule has 1 atom stereocenters. The fourth-order valence-corrected chi connectivity index (χ4v) is 2.68. The van der Waals surface area contributed by atoms with E-state index in [1.54, 1.807) is 13.0 Å². The molecule has 0 aliphatic carbocycles. The second-order valence-corrected chi connectivity index (χ2v) is 5.97. The van der Waals surface area contributed by atoms with E-state index in [1.807, 2.05) is 43.3 Å². The van der Waals surface area contributed by atoms with E-state index in [2.05, 4.69) is 21.2 Å². The Hall–Kier alpha value is -1.65. The molecule has 0 fully saturated rings. The number of hydrogen-bond acceptors (Lipinski definition) is 2. The average molecular weight is 348 g/mol. The first-order valence-electron chi connectivity index (χ1n) is 6.79. The van der Waals surface area contributed by atoms with Crippen LogP contribution < -0.4 is 5.32 Å². The van der Waals surface area contributed by atoms with Crippen molar-refractivity contribution in [2.24, 2.45) is 0 Å². The maximum atomic E-state index is 12.2. The summed E-state index contributed by atoms with van der Waals surface area (Å²) in [4.78, 5) is 12.2. The molecule has 110 valence electrons. The second-order valence-electron chi connectivity index (χ2n) is 5.06. The summed E-state index contributed by atoms with van der Waals surface area (Å²) in [5.41, 5.74) is 3.44. The number of amides is 1. The van der Waals surface area contributed by atoms with Gasteiger partial charge in [-0.2, -0.15) is 0 Å². The third-order valence-corrected chi connectivity index (χ3v) is 3.83. The van der Waals surface area contributed by atoms with Crippen molar-refractivity contribution in [3.63, 3.8) is 0 Å². The Kier molecular flexibility index (Phi) is 5.15. The molecule has 0 bridgehead atoms. The zero-order valence-electron chi connectivity index (χ0n) is 12.1. The molecule has 2 aromatic carbocycles. The van der Waals surface area contributed by atoms with Crippen molar-refractivity contribution in [1.82, 2.24) is 0 Å². The summed E-state index contributed by atoms with van der Waals surface area (Å²) in [5.74, 6) is -0.0893. The Morgan fingerprint density at radius 1 is 1.29 bits per heavy atom. The Balaban J connectivity index is 2.12. The number of aliphatic hydroxyl groups is 1. The molecule has 2 rings (SSSR count). The van der Waals surface area contributed by atoms with E-state index in [9.17, 15) is 9.90 Å². The first-order chi connectivity index (χ1) is 9.97. The van der Waals surface area contributed by atoms with Crippen molar-refractivity contribution in [2.75, 3.05) is 5.32 Å². The first kappa shape index (κ1) is 15.7. The lowest BCUT2D eigenvalue weighted by molar-refractivity contribution is -0.115. The maximum absolute atomic E-state index is 12.2. The predicted octanol–water partition coefficient (Wildman–Crippen LogP) is 3.99. The predicted molar refractivity (Wildman–Crippen MR) is 88.3 cm³/mol. The average Bonchev–Trinajstić information content (AvgIpc) is 2.42. The lowest BCUT2D eigenvalue weighted by Gasteiger charge is -2.13. The SMILES string of the molecule is Cc1cc(Br)ccc1CC(=O)Nc1ccccc1C(C)O. The molecule has 4 heteroatoms. The van der Waals surface area contributed by atoms with E-state index in [-0.39, 0.29) is 5.91 Å². The molecule has 0 aromatic heterocycles. The quantitative estimate of drug-likeness (QED) is 0.878. The summed E-state index contributed by atoms with van der Waals surface area (Å²) in [6.45, 7) is 3.67. The van der Waals surface area contributed by atoms with Crippen LogP contribution in [0.5, 0.6) is 0 Å². The van der Waals surface area contributed by atoms with Gasteiger partial charge in [-0.3, -0.25) is 4.79 Å². The van der Waals surface area contributed by atoms with Crippen molar-refractivity contribution in [1.29, 1.82) is 0 Å². The van der Waals surface area contributed by atoms with Gasteiger partial charge in [0.25, 0.3) is 0 Å². The maximum Gasteiger partial charge on any atom is 0.228 e. The molecule has 0 aliphatic heterocycles. The molecule has 3 nitrogen and oxygen atoms in total. The Morgan fingerprint density at radius 3 is 2.67 bits per heavy atom. The molecule has 0 saturated carbocycles. The van der Waals surface area contributed by atoms with E-state index in [4.69, 9.17) is 0 Å². The number of hydrogen-bond donors (Lipinski definition) is 2. The fourth-order valence-electron chi connectivity index (χ4n) is 2.20. The zero-order chi connectivity index (χ0) is 15.4. The minimum Gasteiger partial charge on any atom is -0.389 e. The molecular formula is C17H18BrNO2. The van der Waals surface area contributed by atoms with Gasteiger partial charge < -0.3 is 10.4 Å². The monoisotopic (exact) mass is 347 g/mol. The molecule has 2 aromatic rings. The molecule has 1 amide bonds. The molecule has 0 spiro atoms. The summed E-state index contributed by atoms with van der Waals surface area (Å²) in [5, 5.41) is 12.6. The van der Waals surface area contributed by atoms with Crippen molar-refractivity contribution in [2.45, 2.75) is 26.4 Å². The summed E-state index contributed by atoms with van der Waals surface area (Å²) < 4.78 is 1.00. The van der Waals surface area contributed by atoms with Gasteiger partial charge >= 0.3 is 0 Å². The molecule has 0 heterocycles. The third kappa shape index (κ3) is 4.16. The lowest BCUT2D eigenvalue weighted by atomic mass is 10.0. The standard InChI is InChI=1S/C17H18BrNO2/c1-11-9-14(18)8-7-13(11)10-17(21)19-16-6-4-3-5-15(16)12(2)20/h3-9,12,20H,10H2,1-2H3,(H,19,21). The Bertz CT molecular complexity index is 653. The second kappa shape index (κ2) is 6.87. The van der Waals surface area contributed by atoms with Gasteiger partial charge in [0.1, 0.15) is 0 Å². The number of benzene rings is 2. The van der Waals surface area contributed by atoms with Crippen LogP contribution >= 0.6 is 15.9 Å². The van der Waals surface area contributed by atoms with Crippen LogP contribution in [0.4, 0.5) is 5.69 Å².